The van der Waals surface area contributed by atoms with E-state index in [-0.39, 0.29) is 24.8 Å². The van der Waals surface area contributed by atoms with Gasteiger partial charge < -0.3 is 11.1 Å². The number of amides is 4. The Morgan fingerprint density at radius 3 is 2.64 bits per heavy atom. The first-order chi connectivity index (χ1) is 13.3. The van der Waals surface area contributed by atoms with Gasteiger partial charge in [-0.3, -0.25) is 29.4 Å². The number of hydrogen-bond acceptors (Lipinski definition) is 6. The molecule has 1 aromatic rings. The summed E-state index contributed by atoms with van der Waals surface area (Å²) in [5.74, 6) is -1.57. The lowest BCUT2D eigenvalue weighted by Gasteiger charge is -2.27. The molecule has 4 N–H and O–H groups in total. The average molecular weight is 386 g/mol. The first-order valence-corrected chi connectivity index (χ1v) is 9.61. The first kappa shape index (κ1) is 20.2. The smallest absolute Gasteiger partial charge is 0.262 e. The Morgan fingerprint density at radius 2 is 1.96 bits per heavy atom. The number of benzene rings is 1. The van der Waals surface area contributed by atoms with E-state index in [0.29, 0.717) is 35.7 Å². The first-order valence-electron chi connectivity index (χ1n) is 9.61. The van der Waals surface area contributed by atoms with Gasteiger partial charge in [-0.05, 0) is 36.9 Å². The van der Waals surface area contributed by atoms with Crippen molar-refractivity contribution in [3.8, 4) is 0 Å². The molecule has 150 valence electrons. The van der Waals surface area contributed by atoms with E-state index >= 15 is 0 Å². The van der Waals surface area contributed by atoms with Crippen LogP contribution in [0.2, 0.25) is 0 Å². The average Bonchev–Trinajstić information content (AvgIpc) is 2.90. The van der Waals surface area contributed by atoms with Crippen LogP contribution in [-0.2, 0) is 16.1 Å². The van der Waals surface area contributed by atoms with Crippen LogP contribution in [0.15, 0.2) is 18.2 Å². The molecule has 1 saturated heterocycles. The number of carbonyl (C=O) groups is 4. The number of carbonyl (C=O) groups excluding carboxylic acids is 4. The zero-order chi connectivity index (χ0) is 20.4. The van der Waals surface area contributed by atoms with E-state index in [2.05, 4.69) is 24.5 Å². The molecule has 2 atom stereocenters. The van der Waals surface area contributed by atoms with Crippen LogP contribution in [0.3, 0.4) is 0 Å². The number of nitrogens with zero attached hydrogens (tertiary/aromatic N) is 1. The van der Waals surface area contributed by atoms with Crippen molar-refractivity contribution in [3.63, 3.8) is 0 Å². The maximum atomic E-state index is 13.0. The monoisotopic (exact) mass is 386 g/mol. The van der Waals surface area contributed by atoms with E-state index in [0.717, 1.165) is 11.3 Å². The van der Waals surface area contributed by atoms with Crippen LogP contribution in [0, 0.1) is 5.92 Å². The maximum Gasteiger partial charge on any atom is 0.262 e. The highest BCUT2D eigenvalue weighted by molar-refractivity contribution is 6.24. The fraction of sp³-hybridized carbons (Fsp3) is 0.500. The summed E-state index contributed by atoms with van der Waals surface area (Å²) in [7, 11) is 0. The Bertz CT molecular complexity index is 820. The lowest BCUT2D eigenvalue weighted by atomic mass is 10.0. The molecule has 2 heterocycles. The normalized spacial score (nSPS) is 20.6. The zero-order valence-electron chi connectivity index (χ0n) is 16.2. The summed E-state index contributed by atoms with van der Waals surface area (Å²) in [6, 6.07) is 4.28. The number of nitrogens with one attached hydrogen (secondary N) is 2. The molecule has 0 spiro atoms. The fourth-order valence-electron chi connectivity index (χ4n) is 3.56. The second kappa shape index (κ2) is 8.20. The molecule has 2 aliphatic rings. The largest absolute Gasteiger partial charge is 0.327 e. The van der Waals surface area contributed by atoms with E-state index in [1.54, 1.807) is 18.2 Å². The minimum Gasteiger partial charge on any atom is -0.327 e. The molecule has 0 aliphatic carbocycles. The van der Waals surface area contributed by atoms with Crippen molar-refractivity contribution < 1.29 is 19.2 Å². The van der Waals surface area contributed by atoms with Crippen molar-refractivity contribution in [2.24, 2.45) is 11.7 Å². The molecule has 0 radical (unpaired) electrons. The van der Waals surface area contributed by atoms with Crippen molar-refractivity contribution in [1.82, 2.24) is 15.5 Å². The van der Waals surface area contributed by atoms with Gasteiger partial charge >= 0.3 is 0 Å². The van der Waals surface area contributed by atoms with Crippen LogP contribution in [0.1, 0.15) is 59.4 Å². The van der Waals surface area contributed by atoms with Gasteiger partial charge in [0.2, 0.25) is 11.8 Å². The minimum atomic E-state index is -0.949. The van der Waals surface area contributed by atoms with Crippen molar-refractivity contribution >= 4 is 23.6 Å². The highest BCUT2D eigenvalue weighted by Crippen LogP contribution is 2.29. The van der Waals surface area contributed by atoms with Gasteiger partial charge in [0, 0.05) is 19.0 Å². The lowest BCUT2D eigenvalue weighted by Crippen LogP contribution is -2.54. The maximum absolute atomic E-state index is 13.0. The molecule has 1 aromatic carbocycles. The van der Waals surface area contributed by atoms with Crippen molar-refractivity contribution in [1.29, 1.82) is 0 Å². The Kier molecular flexibility index (Phi) is 5.90. The summed E-state index contributed by atoms with van der Waals surface area (Å²) < 4.78 is 0. The number of piperidine rings is 1. The summed E-state index contributed by atoms with van der Waals surface area (Å²) in [6.07, 6.45) is 1.06. The number of fused-ring (bicyclic) bond motifs is 1. The SMILES string of the molecule is CC(C)[C@H](N)CCNCc1cccc2c1C(=O)N(C1CCC(=O)NC1=O)C2=O. The van der Waals surface area contributed by atoms with E-state index < -0.39 is 23.8 Å². The molecule has 1 unspecified atom stereocenters. The van der Waals surface area contributed by atoms with Gasteiger partial charge in [-0.2, -0.15) is 0 Å². The van der Waals surface area contributed by atoms with Crippen LogP contribution in [-0.4, -0.2) is 47.2 Å². The molecule has 2 aliphatic heterocycles. The van der Waals surface area contributed by atoms with E-state index in [1.165, 1.54) is 0 Å². The van der Waals surface area contributed by atoms with Crippen LogP contribution >= 0.6 is 0 Å². The second-order valence-corrected chi connectivity index (χ2v) is 7.66. The Balaban J connectivity index is 1.73. The summed E-state index contributed by atoms with van der Waals surface area (Å²) in [4.78, 5) is 50.3. The summed E-state index contributed by atoms with van der Waals surface area (Å²) in [5.41, 5.74) is 7.38. The number of nitrogens with two attached hydrogens (primary N) is 1. The molecule has 8 heteroatoms. The lowest BCUT2D eigenvalue weighted by molar-refractivity contribution is -0.136. The van der Waals surface area contributed by atoms with Gasteiger partial charge in [-0.1, -0.05) is 26.0 Å². The molecular formula is C20H26N4O4. The summed E-state index contributed by atoms with van der Waals surface area (Å²) in [5, 5.41) is 5.48. The van der Waals surface area contributed by atoms with Crippen LogP contribution in [0.4, 0.5) is 0 Å². The van der Waals surface area contributed by atoms with Crippen molar-refractivity contribution in [2.75, 3.05) is 6.54 Å². The molecule has 4 amide bonds. The zero-order valence-corrected chi connectivity index (χ0v) is 16.2. The number of imide groups is 2. The molecule has 0 saturated carbocycles. The number of rotatable bonds is 7. The third-order valence-electron chi connectivity index (χ3n) is 5.38. The summed E-state index contributed by atoms with van der Waals surface area (Å²) in [6.45, 7) is 5.27. The third-order valence-corrected chi connectivity index (χ3v) is 5.38. The fourth-order valence-corrected chi connectivity index (χ4v) is 3.56. The van der Waals surface area contributed by atoms with Gasteiger partial charge in [-0.15, -0.1) is 0 Å². The van der Waals surface area contributed by atoms with E-state index in [9.17, 15) is 19.2 Å². The standard InChI is InChI=1S/C20H26N4O4/c1-11(2)14(21)8-9-22-10-12-4-3-5-13-17(12)20(28)24(19(13)27)15-6-7-16(25)23-18(15)26/h3-5,11,14-15,22H,6-10,21H2,1-2H3,(H,23,25,26)/t14-,15?/m1/s1. The molecule has 28 heavy (non-hydrogen) atoms. The van der Waals surface area contributed by atoms with Crippen molar-refractivity contribution in [3.05, 3.63) is 34.9 Å². The van der Waals surface area contributed by atoms with Crippen molar-refractivity contribution in [2.45, 2.75) is 51.7 Å². The topological polar surface area (TPSA) is 122 Å². The highest BCUT2D eigenvalue weighted by Gasteiger charge is 2.45. The Labute approximate surface area is 163 Å². The van der Waals surface area contributed by atoms with Crippen LogP contribution in [0.25, 0.3) is 0 Å². The molecule has 0 aromatic heterocycles. The third kappa shape index (κ3) is 3.83. The predicted octanol–water partition coefficient (Wildman–Crippen LogP) is 0.551. The minimum absolute atomic E-state index is 0.0974. The van der Waals surface area contributed by atoms with Gasteiger partial charge in [0.05, 0.1) is 11.1 Å². The molecule has 3 rings (SSSR count). The quantitative estimate of drug-likeness (QED) is 0.465. The van der Waals surface area contributed by atoms with Gasteiger partial charge in [0.1, 0.15) is 6.04 Å². The Hall–Kier alpha value is -2.58. The van der Waals surface area contributed by atoms with Gasteiger partial charge in [0.15, 0.2) is 0 Å². The molecule has 0 bridgehead atoms. The van der Waals surface area contributed by atoms with Gasteiger partial charge in [-0.25, -0.2) is 0 Å². The molecule has 8 nitrogen and oxygen atoms in total. The van der Waals surface area contributed by atoms with E-state index in [4.69, 9.17) is 5.73 Å². The van der Waals surface area contributed by atoms with Crippen LogP contribution in [0.5, 0.6) is 0 Å². The second-order valence-electron chi connectivity index (χ2n) is 7.66. The van der Waals surface area contributed by atoms with Crippen LogP contribution < -0.4 is 16.4 Å². The molecule has 1 fully saturated rings. The Morgan fingerprint density at radius 1 is 1.21 bits per heavy atom. The molecular weight excluding hydrogens is 360 g/mol. The highest BCUT2D eigenvalue weighted by atomic mass is 16.2. The summed E-state index contributed by atoms with van der Waals surface area (Å²) >= 11 is 0. The van der Waals surface area contributed by atoms with E-state index in [1.807, 2.05) is 0 Å². The number of hydrogen-bond donors (Lipinski definition) is 3. The predicted molar refractivity (Wildman–Crippen MR) is 102 cm³/mol. The van der Waals surface area contributed by atoms with Gasteiger partial charge in [0.25, 0.3) is 11.8 Å².